The van der Waals surface area contributed by atoms with Crippen molar-refractivity contribution in [3.8, 4) is 0 Å². The molecule has 1 amide bonds. The predicted molar refractivity (Wildman–Crippen MR) is 64.7 cm³/mol. The van der Waals surface area contributed by atoms with Crippen molar-refractivity contribution in [2.45, 2.75) is 20.8 Å². The molecule has 4 nitrogen and oxygen atoms in total. The van der Waals surface area contributed by atoms with Crippen LogP contribution >= 0.6 is 0 Å². The fourth-order valence-electron chi connectivity index (χ4n) is 1.96. The summed E-state index contributed by atoms with van der Waals surface area (Å²) in [5.74, 6) is 1.46. The molecule has 1 aliphatic rings. The van der Waals surface area contributed by atoms with Gasteiger partial charge in [0.05, 0.1) is 12.2 Å². The Morgan fingerprint density at radius 1 is 1.56 bits per heavy atom. The largest absolute Gasteiger partial charge is 0.345 e. The quantitative estimate of drug-likeness (QED) is 0.825. The number of carbonyl (C=O) groups excluding carboxylic acids is 1. The van der Waals surface area contributed by atoms with E-state index in [1.807, 2.05) is 17.9 Å². The van der Waals surface area contributed by atoms with E-state index < -0.39 is 0 Å². The van der Waals surface area contributed by atoms with Crippen LogP contribution in [0.1, 0.15) is 19.4 Å². The third-order valence-electron chi connectivity index (χ3n) is 2.62. The lowest BCUT2D eigenvalue weighted by Crippen LogP contribution is -2.41. The molecule has 0 aliphatic carbocycles. The first-order chi connectivity index (χ1) is 7.58. The van der Waals surface area contributed by atoms with Crippen LogP contribution in [0, 0.1) is 12.8 Å². The Balaban J connectivity index is 2.38. The lowest BCUT2D eigenvalue weighted by molar-refractivity contribution is -0.115. The molecule has 1 aromatic heterocycles. The van der Waals surface area contributed by atoms with Gasteiger partial charge in [-0.2, -0.15) is 0 Å². The van der Waals surface area contributed by atoms with Gasteiger partial charge in [-0.1, -0.05) is 13.8 Å². The highest BCUT2D eigenvalue weighted by molar-refractivity contribution is 6.01. The smallest absolute Gasteiger partial charge is 0.244 e. The lowest BCUT2D eigenvalue weighted by atomic mass is 10.1. The minimum Gasteiger partial charge on any atom is -0.345 e. The SMILES string of the molecule is Cc1ccnc2c1NC(=O)CN2CC(C)C. The minimum atomic E-state index is 0.0456. The Kier molecular flexibility index (Phi) is 2.81. The Morgan fingerprint density at radius 2 is 2.31 bits per heavy atom. The molecule has 0 fully saturated rings. The number of nitrogens with one attached hydrogen (secondary N) is 1. The van der Waals surface area contributed by atoms with E-state index in [1.54, 1.807) is 6.20 Å². The van der Waals surface area contributed by atoms with Crippen LogP contribution in [0.15, 0.2) is 12.3 Å². The highest BCUT2D eigenvalue weighted by Gasteiger charge is 2.24. The van der Waals surface area contributed by atoms with Gasteiger partial charge in [-0.25, -0.2) is 4.98 Å². The van der Waals surface area contributed by atoms with Crippen LogP contribution < -0.4 is 10.2 Å². The molecule has 1 N–H and O–H groups in total. The van der Waals surface area contributed by atoms with E-state index in [9.17, 15) is 4.79 Å². The maximum atomic E-state index is 11.6. The average molecular weight is 219 g/mol. The van der Waals surface area contributed by atoms with Crippen LogP contribution in [0.4, 0.5) is 11.5 Å². The molecule has 2 heterocycles. The zero-order chi connectivity index (χ0) is 11.7. The zero-order valence-electron chi connectivity index (χ0n) is 9.95. The van der Waals surface area contributed by atoms with Gasteiger partial charge in [0.2, 0.25) is 5.91 Å². The molecular formula is C12H17N3O. The molecule has 0 unspecified atom stereocenters. The summed E-state index contributed by atoms with van der Waals surface area (Å²) in [5, 5.41) is 2.89. The van der Waals surface area contributed by atoms with Crippen molar-refractivity contribution in [1.82, 2.24) is 4.98 Å². The van der Waals surface area contributed by atoms with E-state index in [0.717, 1.165) is 23.6 Å². The molecule has 0 bridgehead atoms. The summed E-state index contributed by atoms with van der Waals surface area (Å²) in [4.78, 5) is 18.0. The standard InChI is InChI=1S/C12H17N3O/c1-8(2)6-15-7-10(16)14-11-9(3)4-5-13-12(11)15/h4-5,8H,6-7H2,1-3H3,(H,14,16). The summed E-state index contributed by atoms with van der Waals surface area (Å²) in [6.45, 7) is 7.53. The molecular weight excluding hydrogens is 202 g/mol. The van der Waals surface area contributed by atoms with Crippen molar-refractivity contribution >= 4 is 17.4 Å². The van der Waals surface area contributed by atoms with E-state index in [4.69, 9.17) is 0 Å². The number of aryl methyl sites for hydroxylation is 1. The Bertz CT molecular complexity index is 415. The normalized spacial score (nSPS) is 15.0. The van der Waals surface area contributed by atoms with Gasteiger partial charge in [0.1, 0.15) is 0 Å². The van der Waals surface area contributed by atoms with E-state index in [0.29, 0.717) is 12.5 Å². The molecule has 0 radical (unpaired) electrons. The first-order valence-electron chi connectivity index (χ1n) is 5.58. The van der Waals surface area contributed by atoms with Crippen molar-refractivity contribution in [1.29, 1.82) is 0 Å². The van der Waals surface area contributed by atoms with Gasteiger partial charge >= 0.3 is 0 Å². The fourth-order valence-corrected chi connectivity index (χ4v) is 1.96. The van der Waals surface area contributed by atoms with Crippen molar-refractivity contribution in [2.24, 2.45) is 5.92 Å². The monoisotopic (exact) mass is 219 g/mol. The predicted octanol–water partition coefficient (Wildman–Crippen LogP) is 1.80. The molecule has 2 rings (SSSR count). The number of anilines is 2. The summed E-state index contributed by atoms with van der Waals surface area (Å²) in [6, 6.07) is 1.91. The molecule has 0 saturated carbocycles. The van der Waals surface area contributed by atoms with Crippen LogP contribution in [-0.4, -0.2) is 24.0 Å². The van der Waals surface area contributed by atoms with Gasteiger partial charge in [-0.05, 0) is 24.5 Å². The maximum Gasteiger partial charge on any atom is 0.244 e. The van der Waals surface area contributed by atoms with Gasteiger partial charge in [0, 0.05) is 12.7 Å². The number of amides is 1. The van der Waals surface area contributed by atoms with Crippen molar-refractivity contribution in [3.05, 3.63) is 17.8 Å². The Labute approximate surface area is 95.7 Å². The van der Waals surface area contributed by atoms with Crippen molar-refractivity contribution in [2.75, 3.05) is 23.3 Å². The molecule has 0 spiro atoms. The number of aromatic nitrogens is 1. The first-order valence-corrected chi connectivity index (χ1v) is 5.58. The van der Waals surface area contributed by atoms with E-state index in [1.165, 1.54) is 0 Å². The van der Waals surface area contributed by atoms with Crippen LogP contribution in [0.5, 0.6) is 0 Å². The number of nitrogens with zero attached hydrogens (tertiary/aromatic N) is 2. The van der Waals surface area contributed by atoms with E-state index in [2.05, 4.69) is 24.1 Å². The summed E-state index contributed by atoms with van der Waals surface area (Å²) in [5.41, 5.74) is 1.92. The molecule has 86 valence electrons. The summed E-state index contributed by atoms with van der Waals surface area (Å²) in [6.07, 6.45) is 1.79. The third kappa shape index (κ3) is 2.01. The number of hydrogen-bond acceptors (Lipinski definition) is 3. The van der Waals surface area contributed by atoms with Crippen LogP contribution in [0.3, 0.4) is 0 Å². The third-order valence-corrected chi connectivity index (χ3v) is 2.62. The summed E-state index contributed by atoms with van der Waals surface area (Å²) in [7, 11) is 0. The van der Waals surface area contributed by atoms with Crippen molar-refractivity contribution in [3.63, 3.8) is 0 Å². The number of hydrogen-bond donors (Lipinski definition) is 1. The maximum absolute atomic E-state index is 11.6. The number of pyridine rings is 1. The Hall–Kier alpha value is -1.58. The molecule has 16 heavy (non-hydrogen) atoms. The summed E-state index contributed by atoms with van der Waals surface area (Å²) < 4.78 is 0. The van der Waals surface area contributed by atoms with Gasteiger partial charge < -0.3 is 10.2 Å². The minimum absolute atomic E-state index is 0.0456. The topological polar surface area (TPSA) is 45.2 Å². The van der Waals surface area contributed by atoms with Gasteiger partial charge in [0.25, 0.3) is 0 Å². The fraction of sp³-hybridized carbons (Fsp3) is 0.500. The number of fused-ring (bicyclic) bond motifs is 1. The highest BCUT2D eigenvalue weighted by atomic mass is 16.2. The lowest BCUT2D eigenvalue weighted by Gasteiger charge is -2.31. The molecule has 0 atom stereocenters. The summed E-state index contributed by atoms with van der Waals surface area (Å²) >= 11 is 0. The second-order valence-corrected chi connectivity index (χ2v) is 4.65. The first kappa shape index (κ1) is 10.9. The number of rotatable bonds is 2. The molecule has 0 aromatic carbocycles. The van der Waals surface area contributed by atoms with Gasteiger partial charge in [-0.3, -0.25) is 4.79 Å². The molecule has 0 saturated heterocycles. The van der Waals surface area contributed by atoms with Crippen molar-refractivity contribution < 1.29 is 4.79 Å². The number of carbonyl (C=O) groups is 1. The van der Waals surface area contributed by atoms with E-state index >= 15 is 0 Å². The second kappa shape index (κ2) is 4.12. The van der Waals surface area contributed by atoms with Crippen LogP contribution in [0.25, 0.3) is 0 Å². The van der Waals surface area contributed by atoms with Gasteiger partial charge in [-0.15, -0.1) is 0 Å². The van der Waals surface area contributed by atoms with Crippen LogP contribution in [-0.2, 0) is 4.79 Å². The van der Waals surface area contributed by atoms with Crippen LogP contribution in [0.2, 0.25) is 0 Å². The molecule has 1 aliphatic heterocycles. The average Bonchev–Trinajstić information content (AvgIpc) is 2.18. The Morgan fingerprint density at radius 3 is 3.00 bits per heavy atom. The zero-order valence-corrected chi connectivity index (χ0v) is 9.95. The molecule has 1 aromatic rings. The van der Waals surface area contributed by atoms with E-state index in [-0.39, 0.29) is 5.91 Å². The highest BCUT2D eigenvalue weighted by Crippen LogP contribution is 2.30. The van der Waals surface area contributed by atoms with Gasteiger partial charge in [0.15, 0.2) is 5.82 Å². The molecule has 4 heteroatoms. The second-order valence-electron chi connectivity index (χ2n) is 4.65.